The van der Waals surface area contributed by atoms with E-state index in [1.165, 1.54) is 0 Å². The van der Waals surface area contributed by atoms with Gasteiger partial charge in [0.25, 0.3) is 0 Å². The van der Waals surface area contributed by atoms with Crippen LogP contribution in [0.25, 0.3) is 0 Å². The van der Waals surface area contributed by atoms with Gasteiger partial charge >= 0.3 is 5.97 Å². The fourth-order valence-electron chi connectivity index (χ4n) is 1.26. The molecule has 1 rings (SSSR count). The average molecular weight is 286 g/mol. The first-order chi connectivity index (χ1) is 7.49. The molecule has 1 amide bonds. The zero-order valence-corrected chi connectivity index (χ0v) is 10.3. The fourth-order valence-corrected chi connectivity index (χ4v) is 1.53. The van der Waals surface area contributed by atoms with Crippen LogP contribution in [0.15, 0.2) is 28.7 Å². The van der Waals surface area contributed by atoms with Gasteiger partial charge < -0.3 is 10.4 Å². The summed E-state index contributed by atoms with van der Waals surface area (Å²) in [4.78, 5) is 21.5. The van der Waals surface area contributed by atoms with Crippen LogP contribution in [0.3, 0.4) is 0 Å². The van der Waals surface area contributed by atoms with Crippen LogP contribution in [-0.4, -0.2) is 17.0 Å². The zero-order chi connectivity index (χ0) is 12.1. The van der Waals surface area contributed by atoms with Crippen molar-refractivity contribution in [3.8, 4) is 0 Å². The van der Waals surface area contributed by atoms with E-state index in [4.69, 9.17) is 5.11 Å². The number of nitrogens with one attached hydrogen (secondary N) is 1. The molecule has 1 aromatic rings. The summed E-state index contributed by atoms with van der Waals surface area (Å²) in [5, 5.41) is 11.0. The quantitative estimate of drug-likeness (QED) is 0.833. The van der Waals surface area contributed by atoms with E-state index in [0.29, 0.717) is 0 Å². The van der Waals surface area contributed by atoms with E-state index < -0.39 is 18.3 Å². The molecule has 86 valence electrons. The Kier molecular flexibility index (Phi) is 4.49. The van der Waals surface area contributed by atoms with Crippen LogP contribution in [0.4, 0.5) is 0 Å². The Morgan fingerprint density at radius 1 is 1.38 bits per heavy atom. The lowest BCUT2D eigenvalue weighted by Crippen LogP contribution is -2.28. The Hall–Kier alpha value is -1.36. The normalized spacial score (nSPS) is 11.9. The highest BCUT2D eigenvalue weighted by Crippen LogP contribution is 2.16. The van der Waals surface area contributed by atoms with Crippen LogP contribution in [-0.2, 0) is 9.59 Å². The van der Waals surface area contributed by atoms with Crippen molar-refractivity contribution in [1.82, 2.24) is 5.32 Å². The monoisotopic (exact) mass is 285 g/mol. The van der Waals surface area contributed by atoms with Gasteiger partial charge in [-0.1, -0.05) is 28.1 Å². The van der Waals surface area contributed by atoms with Crippen LogP contribution in [0.5, 0.6) is 0 Å². The molecule has 0 aliphatic rings. The van der Waals surface area contributed by atoms with Crippen LogP contribution in [0, 0.1) is 0 Å². The minimum absolute atomic E-state index is 0.194. The highest BCUT2D eigenvalue weighted by Gasteiger charge is 2.12. The van der Waals surface area contributed by atoms with Crippen molar-refractivity contribution in [3.63, 3.8) is 0 Å². The van der Waals surface area contributed by atoms with Crippen molar-refractivity contribution in [2.24, 2.45) is 0 Å². The Labute approximate surface area is 102 Å². The molecule has 0 aliphatic carbocycles. The summed E-state index contributed by atoms with van der Waals surface area (Å²) in [7, 11) is 0. The van der Waals surface area contributed by atoms with E-state index in [1.54, 1.807) is 0 Å². The summed E-state index contributed by atoms with van der Waals surface area (Å²) in [6.07, 6.45) is -0.499. The predicted octanol–water partition coefficient (Wildman–Crippen LogP) is 2.10. The van der Waals surface area contributed by atoms with Crippen LogP contribution < -0.4 is 5.32 Å². The predicted molar refractivity (Wildman–Crippen MR) is 63.0 cm³/mol. The third kappa shape index (κ3) is 4.02. The number of amides is 1. The molecule has 1 atom stereocenters. The van der Waals surface area contributed by atoms with E-state index in [0.717, 1.165) is 10.0 Å². The minimum atomic E-state index is -1.12. The Balaban J connectivity index is 2.58. The Morgan fingerprint density at radius 2 is 1.94 bits per heavy atom. The standard InChI is InChI=1S/C11H12BrNO3/c1-7(13-10(14)6-11(15)16)8-2-4-9(12)5-3-8/h2-5,7H,6H2,1H3,(H,13,14)(H,15,16). The molecule has 0 fully saturated rings. The maximum absolute atomic E-state index is 11.2. The molecule has 0 saturated carbocycles. The van der Waals surface area contributed by atoms with Crippen molar-refractivity contribution in [3.05, 3.63) is 34.3 Å². The molecule has 2 N–H and O–H groups in total. The zero-order valence-electron chi connectivity index (χ0n) is 8.74. The highest BCUT2D eigenvalue weighted by atomic mass is 79.9. The van der Waals surface area contributed by atoms with Crippen molar-refractivity contribution in [2.75, 3.05) is 0 Å². The molecule has 0 bridgehead atoms. The largest absolute Gasteiger partial charge is 0.481 e. The van der Waals surface area contributed by atoms with Gasteiger partial charge in [0.15, 0.2) is 0 Å². The molecule has 1 aromatic carbocycles. The lowest BCUT2D eigenvalue weighted by molar-refractivity contribution is -0.140. The minimum Gasteiger partial charge on any atom is -0.481 e. The maximum Gasteiger partial charge on any atom is 0.312 e. The Morgan fingerprint density at radius 3 is 2.44 bits per heavy atom. The topological polar surface area (TPSA) is 66.4 Å². The SMILES string of the molecule is CC(NC(=O)CC(=O)O)c1ccc(Br)cc1. The lowest BCUT2D eigenvalue weighted by atomic mass is 10.1. The molecule has 0 saturated heterocycles. The summed E-state index contributed by atoms with van der Waals surface area (Å²) < 4.78 is 0.959. The van der Waals surface area contributed by atoms with Crippen molar-refractivity contribution >= 4 is 27.8 Å². The van der Waals surface area contributed by atoms with E-state index >= 15 is 0 Å². The molecule has 5 heteroatoms. The van der Waals surface area contributed by atoms with E-state index in [-0.39, 0.29) is 6.04 Å². The van der Waals surface area contributed by atoms with Crippen molar-refractivity contribution in [2.45, 2.75) is 19.4 Å². The summed E-state index contributed by atoms with van der Waals surface area (Å²) in [5.74, 6) is -1.61. The number of rotatable bonds is 4. The summed E-state index contributed by atoms with van der Waals surface area (Å²) in [6.45, 7) is 1.81. The van der Waals surface area contributed by atoms with Crippen LogP contribution in [0.2, 0.25) is 0 Å². The first kappa shape index (κ1) is 12.7. The molecule has 0 aromatic heterocycles. The van der Waals surface area contributed by atoms with E-state index in [2.05, 4.69) is 21.2 Å². The van der Waals surface area contributed by atoms with Gasteiger partial charge in [-0.15, -0.1) is 0 Å². The van der Waals surface area contributed by atoms with Crippen LogP contribution in [0.1, 0.15) is 24.9 Å². The molecular formula is C11H12BrNO3. The van der Waals surface area contributed by atoms with Gasteiger partial charge in [0.1, 0.15) is 6.42 Å². The third-order valence-electron chi connectivity index (χ3n) is 2.06. The number of aliphatic carboxylic acids is 1. The summed E-state index contributed by atoms with van der Waals surface area (Å²) in [6, 6.07) is 7.29. The molecule has 4 nitrogen and oxygen atoms in total. The van der Waals surface area contributed by atoms with Gasteiger partial charge in [0, 0.05) is 4.47 Å². The molecule has 16 heavy (non-hydrogen) atoms. The number of hydrogen-bond donors (Lipinski definition) is 2. The molecule has 0 spiro atoms. The number of carbonyl (C=O) groups excluding carboxylic acids is 1. The fraction of sp³-hybridized carbons (Fsp3) is 0.273. The highest BCUT2D eigenvalue weighted by molar-refractivity contribution is 9.10. The second-order valence-corrected chi connectivity index (χ2v) is 4.33. The number of hydrogen-bond acceptors (Lipinski definition) is 2. The third-order valence-corrected chi connectivity index (χ3v) is 2.59. The molecule has 1 unspecified atom stereocenters. The molecule has 0 radical (unpaired) electrons. The van der Waals surface area contributed by atoms with Gasteiger partial charge in [-0.05, 0) is 24.6 Å². The van der Waals surface area contributed by atoms with Gasteiger partial charge in [-0.3, -0.25) is 9.59 Å². The number of benzene rings is 1. The van der Waals surface area contributed by atoms with Crippen LogP contribution >= 0.6 is 15.9 Å². The number of carbonyl (C=O) groups is 2. The maximum atomic E-state index is 11.2. The molecule has 0 heterocycles. The van der Waals surface area contributed by atoms with Gasteiger partial charge in [-0.2, -0.15) is 0 Å². The van der Waals surface area contributed by atoms with E-state index in [1.807, 2.05) is 31.2 Å². The smallest absolute Gasteiger partial charge is 0.312 e. The van der Waals surface area contributed by atoms with Crippen molar-refractivity contribution < 1.29 is 14.7 Å². The van der Waals surface area contributed by atoms with Gasteiger partial charge in [0.05, 0.1) is 6.04 Å². The summed E-state index contributed by atoms with van der Waals surface area (Å²) >= 11 is 3.31. The number of carboxylic acids is 1. The van der Waals surface area contributed by atoms with E-state index in [9.17, 15) is 9.59 Å². The second-order valence-electron chi connectivity index (χ2n) is 3.41. The molecule has 0 aliphatic heterocycles. The first-order valence-electron chi connectivity index (χ1n) is 4.75. The number of carboxylic acid groups (broad SMARTS) is 1. The second kappa shape index (κ2) is 5.65. The lowest BCUT2D eigenvalue weighted by Gasteiger charge is -2.13. The Bertz CT molecular complexity index is 389. The van der Waals surface area contributed by atoms with Gasteiger partial charge in [0.2, 0.25) is 5.91 Å². The van der Waals surface area contributed by atoms with Crippen molar-refractivity contribution in [1.29, 1.82) is 0 Å². The first-order valence-corrected chi connectivity index (χ1v) is 5.55. The van der Waals surface area contributed by atoms with Gasteiger partial charge in [-0.25, -0.2) is 0 Å². The summed E-state index contributed by atoms with van der Waals surface area (Å²) in [5.41, 5.74) is 0.932. The molecular weight excluding hydrogens is 274 g/mol. The average Bonchev–Trinajstić information content (AvgIpc) is 2.16. The number of halogens is 1.